The molecule has 2 aromatic carbocycles. The van der Waals surface area contributed by atoms with E-state index in [0.29, 0.717) is 22.2 Å². The van der Waals surface area contributed by atoms with Crippen molar-refractivity contribution >= 4 is 50.7 Å². The molecule has 0 spiro atoms. The van der Waals surface area contributed by atoms with E-state index in [0.717, 1.165) is 37.5 Å². The second-order valence-electron chi connectivity index (χ2n) is 9.23. The minimum Gasteiger partial charge on any atom is -0.352 e. The highest BCUT2D eigenvalue weighted by Gasteiger charge is 2.28. The van der Waals surface area contributed by atoms with Gasteiger partial charge in [0.05, 0.1) is 11.9 Å². The molecule has 7 nitrogen and oxygen atoms in total. The lowest BCUT2D eigenvalue weighted by Crippen LogP contribution is -2.49. The number of halogens is 2. The van der Waals surface area contributed by atoms with E-state index in [9.17, 15) is 18.0 Å². The lowest BCUT2D eigenvalue weighted by Gasteiger charge is -2.30. The van der Waals surface area contributed by atoms with Crippen LogP contribution in [-0.2, 0) is 26.2 Å². The quantitative estimate of drug-likeness (QED) is 0.423. The van der Waals surface area contributed by atoms with Crippen molar-refractivity contribution < 1.29 is 18.0 Å². The summed E-state index contributed by atoms with van der Waals surface area (Å²) in [5, 5.41) is 4.17. The molecule has 3 rings (SSSR count). The van der Waals surface area contributed by atoms with Gasteiger partial charge in [-0.15, -0.1) is 0 Å². The summed E-state index contributed by atoms with van der Waals surface area (Å²) >= 11 is 11.9. The molecule has 2 amide bonds. The van der Waals surface area contributed by atoms with Crippen LogP contribution in [-0.4, -0.2) is 50.0 Å². The number of amides is 2. The standard InChI is InChI=1S/C26H33Cl2N3O4S/c1-19(26(33)29-23-6-3-4-7-23)30(18-20-9-11-21(27)12-10-20)25(32)8-5-17-31(36(2,34)35)24-15-13-22(28)14-16-24/h9-16,19,23H,3-8,17-18H2,1-2H3,(H,29,33). The molecule has 1 fully saturated rings. The molecule has 10 heteroatoms. The maximum atomic E-state index is 13.3. The van der Waals surface area contributed by atoms with Gasteiger partial charge in [0.2, 0.25) is 21.8 Å². The van der Waals surface area contributed by atoms with E-state index in [1.807, 2.05) is 12.1 Å². The lowest BCUT2D eigenvalue weighted by atomic mass is 10.1. The third kappa shape index (κ3) is 8.11. The van der Waals surface area contributed by atoms with Crippen molar-refractivity contribution in [2.45, 2.75) is 64.1 Å². The zero-order valence-corrected chi connectivity index (χ0v) is 23.0. The summed E-state index contributed by atoms with van der Waals surface area (Å²) in [5.74, 6) is -0.397. The van der Waals surface area contributed by atoms with E-state index in [-0.39, 0.29) is 37.4 Å². The van der Waals surface area contributed by atoms with Gasteiger partial charge in [0.25, 0.3) is 0 Å². The Kier molecular flexibility index (Phi) is 10.0. The van der Waals surface area contributed by atoms with Crippen LogP contribution in [0, 0.1) is 0 Å². The summed E-state index contributed by atoms with van der Waals surface area (Å²) in [6.45, 7) is 2.11. The van der Waals surface area contributed by atoms with Gasteiger partial charge in [0.1, 0.15) is 6.04 Å². The Morgan fingerprint density at radius 3 is 2.11 bits per heavy atom. The Bertz CT molecular complexity index is 1130. The molecule has 1 aliphatic carbocycles. The van der Waals surface area contributed by atoms with Gasteiger partial charge in [0, 0.05) is 35.6 Å². The number of nitrogens with zero attached hydrogens (tertiary/aromatic N) is 2. The fourth-order valence-corrected chi connectivity index (χ4v) is 5.59. The molecular formula is C26H33Cl2N3O4S. The second-order valence-corrected chi connectivity index (χ2v) is 12.0. The Hall–Kier alpha value is -2.29. The lowest BCUT2D eigenvalue weighted by molar-refractivity contribution is -0.141. The van der Waals surface area contributed by atoms with Crippen molar-refractivity contribution in [3.05, 3.63) is 64.1 Å². The molecule has 0 heterocycles. The number of nitrogens with one attached hydrogen (secondary N) is 1. The van der Waals surface area contributed by atoms with Crippen LogP contribution in [0.1, 0.15) is 51.0 Å². The summed E-state index contributed by atoms with van der Waals surface area (Å²) in [7, 11) is -3.56. The van der Waals surface area contributed by atoms with Crippen LogP contribution >= 0.6 is 23.2 Å². The summed E-state index contributed by atoms with van der Waals surface area (Å²) < 4.78 is 26.0. The van der Waals surface area contributed by atoms with Crippen LogP contribution in [0.3, 0.4) is 0 Å². The molecule has 1 unspecified atom stereocenters. The molecule has 0 saturated heterocycles. The average Bonchev–Trinajstić information content (AvgIpc) is 3.34. The van der Waals surface area contributed by atoms with Gasteiger partial charge in [-0.3, -0.25) is 13.9 Å². The molecule has 2 aromatic rings. The van der Waals surface area contributed by atoms with Crippen molar-refractivity contribution in [3.63, 3.8) is 0 Å². The number of rotatable bonds is 11. The van der Waals surface area contributed by atoms with Crippen molar-refractivity contribution in [1.82, 2.24) is 10.2 Å². The number of carbonyl (C=O) groups is 2. The van der Waals surface area contributed by atoms with Crippen LogP contribution in [0.25, 0.3) is 0 Å². The van der Waals surface area contributed by atoms with E-state index in [2.05, 4.69) is 5.32 Å². The topological polar surface area (TPSA) is 86.8 Å². The fourth-order valence-electron chi connectivity index (χ4n) is 4.37. The minimum absolute atomic E-state index is 0.0915. The SMILES string of the molecule is CC(C(=O)NC1CCCC1)N(Cc1ccc(Cl)cc1)C(=O)CCCN(c1ccc(Cl)cc1)S(C)(=O)=O. The summed E-state index contributed by atoms with van der Waals surface area (Å²) in [6.07, 6.45) is 5.61. The van der Waals surface area contributed by atoms with Crippen LogP contribution in [0.4, 0.5) is 5.69 Å². The van der Waals surface area contributed by atoms with Gasteiger partial charge < -0.3 is 10.2 Å². The Morgan fingerprint density at radius 1 is 1.00 bits per heavy atom. The van der Waals surface area contributed by atoms with E-state index in [1.54, 1.807) is 48.2 Å². The third-order valence-electron chi connectivity index (χ3n) is 6.40. The second kappa shape index (κ2) is 12.8. The average molecular weight is 555 g/mol. The highest BCUT2D eigenvalue weighted by atomic mass is 35.5. The van der Waals surface area contributed by atoms with Crippen LogP contribution in [0.2, 0.25) is 10.0 Å². The molecule has 1 saturated carbocycles. The Balaban J connectivity index is 1.70. The predicted octanol–water partition coefficient (Wildman–Crippen LogP) is 5.02. The number of carbonyl (C=O) groups excluding carboxylic acids is 2. The maximum Gasteiger partial charge on any atom is 0.242 e. The zero-order chi connectivity index (χ0) is 26.3. The number of hydrogen-bond donors (Lipinski definition) is 1. The third-order valence-corrected chi connectivity index (χ3v) is 8.10. The number of anilines is 1. The fraction of sp³-hybridized carbons (Fsp3) is 0.462. The van der Waals surface area contributed by atoms with Gasteiger partial charge >= 0.3 is 0 Å². The van der Waals surface area contributed by atoms with E-state index in [4.69, 9.17) is 23.2 Å². The molecule has 1 N–H and O–H groups in total. The first-order chi connectivity index (χ1) is 17.0. The number of hydrogen-bond acceptors (Lipinski definition) is 4. The molecule has 196 valence electrons. The monoisotopic (exact) mass is 553 g/mol. The van der Waals surface area contributed by atoms with E-state index in [1.165, 1.54) is 4.31 Å². The first-order valence-corrected chi connectivity index (χ1v) is 14.7. The van der Waals surface area contributed by atoms with E-state index < -0.39 is 16.1 Å². The Morgan fingerprint density at radius 2 is 1.56 bits per heavy atom. The largest absolute Gasteiger partial charge is 0.352 e. The van der Waals surface area contributed by atoms with Gasteiger partial charge in [-0.25, -0.2) is 8.42 Å². The van der Waals surface area contributed by atoms with Crippen molar-refractivity contribution in [2.24, 2.45) is 0 Å². The molecular weight excluding hydrogens is 521 g/mol. The number of benzene rings is 2. The van der Waals surface area contributed by atoms with Crippen LogP contribution in [0.15, 0.2) is 48.5 Å². The summed E-state index contributed by atoms with van der Waals surface area (Å²) in [5.41, 5.74) is 1.34. The molecule has 0 aliphatic heterocycles. The van der Waals surface area contributed by atoms with Crippen molar-refractivity contribution in [2.75, 3.05) is 17.1 Å². The van der Waals surface area contributed by atoms with Crippen LogP contribution < -0.4 is 9.62 Å². The summed E-state index contributed by atoms with van der Waals surface area (Å²) in [4.78, 5) is 27.9. The Labute approximate surface area is 223 Å². The van der Waals surface area contributed by atoms with Gasteiger partial charge in [-0.1, -0.05) is 48.2 Å². The van der Waals surface area contributed by atoms with Crippen LogP contribution in [0.5, 0.6) is 0 Å². The molecule has 36 heavy (non-hydrogen) atoms. The molecule has 0 aromatic heterocycles. The maximum absolute atomic E-state index is 13.3. The van der Waals surface area contributed by atoms with Crippen molar-refractivity contribution in [3.8, 4) is 0 Å². The minimum atomic E-state index is -3.56. The van der Waals surface area contributed by atoms with E-state index >= 15 is 0 Å². The highest BCUT2D eigenvalue weighted by molar-refractivity contribution is 7.92. The number of sulfonamides is 1. The van der Waals surface area contributed by atoms with Crippen molar-refractivity contribution in [1.29, 1.82) is 0 Å². The highest BCUT2D eigenvalue weighted by Crippen LogP contribution is 2.22. The van der Waals surface area contributed by atoms with Gasteiger partial charge in [-0.2, -0.15) is 0 Å². The molecule has 1 aliphatic rings. The molecule has 0 bridgehead atoms. The zero-order valence-electron chi connectivity index (χ0n) is 20.6. The van der Waals surface area contributed by atoms with Gasteiger partial charge in [-0.05, 0) is 68.1 Å². The predicted molar refractivity (Wildman–Crippen MR) is 145 cm³/mol. The first kappa shape index (κ1) is 28.3. The summed E-state index contributed by atoms with van der Waals surface area (Å²) in [6, 6.07) is 13.1. The normalized spacial score (nSPS) is 14.9. The molecule has 1 atom stereocenters. The van der Waals surface area contributed by atoms with Gasteiger partial charge in [0.15, 0.2) is 0 Å². The smallest absolute Gasteiger partial charge is 0.242 e. The first-order valence-electron chi connectivity index (χ1n) is 12.1. The molecule has 0 radical (unpaired) electrons.